The van der Waals surface area contributed by atoms with Crippen molar-refractivity contribution in [2.24, 2.45) is 5.92 Å². The Balaban J connectivity index is 2.28. The van der Waals surface area contributed by atoms with Crippen LogP contribution >= 0.6 is 0 Å². The second kappa shape index (κ2) is 4.49. The van der Waals surface area contributed by atoms with E-state index >= 15 is 0 Å². The van der Waals surface area contributed by atoms with E-state index in [0.717, 1.165) is 12.5 Å². The fourth-order valence-electron chi connectivity index (χ4n) is 1.37. The summed E-state index contributed by atoms with van der Waals surface area (Å²) >= 11 is 0. The maximum atomic E-state index is 5.28. The molecule has 0 heterocycles. The molecule has 1 aliphatic rings. The lowest BCUT2D eigenvalue weighted by Crippen LogP contribution is -2.40. The monoisotopic (exact) mass is 167 g/mol. The zero-order valence-corrected chi connectivity index (χ0v) is 7.84. The average Bonchev–Trinajstić information content (AvgIpc) is 2.86. The standard InChI is InChI=1S/C10H17NO/c1-4-8(2)11-10(7-12-3)9-5-6-9/h1,8-11H,5-7H2,2-3H3. The number of hydrogen-bond donors (Lipinski definition) is 1. The van der Waals surface area contributed by atoms with Crippen molar-refractivity contribution >= 4 is 0 Å². The highest BCUT2D eigenvalue weighted by molar-refractivity contribution is 4.99. The smallest absolute Gasteiger partial charge is 0.0661 e. The molecule has 2 nitrogen and oxygen atoms in total. The minimum Gasteiger partial charge on any atom is -0.383 e. The van der Waals surface area contributed by atoms with Gasteiger partial charge in [-0.3, -0.25) is 5.32 Å². The summed E-state index contributed by atoms with van der Waals surface area (Å²) in [6.07, 6.45) is 7.92. The zero-order chi connectivity index (χ0) is 8.97. The minimum absolute atomic E-state index is 0.158. The largest absolute Gasteiger partial charge is 0.383 e. The summed E-state index contributed by atoms with van der Waals surface area (Å²) < 4.78 is 5.12. The van der Waals surface area contributed by atoms with Crippen molar-refractivity contribution in [1.29, 1.82) is 0 Å². The van der Waals surface area contributed by atoms with Crippen molar-refractivity contribution in [3.63, 3.8) is 0 Å². The zero-order valence-electron chi connectivity index (χ0n) is 7.84. The van der Waals surface area contributed by atoms with Crippen molar-refractivity contribution in [3.05, 3.63) is 0 Å². The van der Waals surface area contributed by atoms with Gasteiger partial charge in [-0.05, 0) is 25.7 Å². The van der Waals surface area contributed by atoms with Crippen LogP contribution in [-0.2, 0) is 4.74 Å². The molecule has 0 saturated heterocycles. The summed E-state index contributed by atoms with van der Waals surface area (Å²) in [5.41, 5.74) is 0. The first-order valence-electron chi connectivity index (χ1n) is 4.49. The quantitative estimate of drug-likeness (QED) is 0.617. The van der Waals surface area contributed by atoms with Crippen LogP contribution in [0.3, 0.4) is 0 Å². The summed E-state index contributed by atoms with van der Waals surface area (Å²) in [6.45, 7) is 2.78. The van der Waals surface area contributed by atoms with E-state index < -0.39 is 0 Å². The van der Waals surface area contributed by atoms with Crippen molar-refractivity contribution < 1.29 is 4.74 Å². The van der Waals surface area contributed by atoms with Crippen molar-refractivity contribution in [3.8, 4) is 12.3 Å². The maximum Gasteiger partial charge on any atom is 0.0661 e. The Morgan fingerprint density at radius 2 is 2.33 bits per heavy atom. The molecular weight excluding hydrogens is 150 g/mol. The van der Waals surface area contributed by atoms with E-state index in [0.29, 0.717) is 6.04 Å². The van der Waals surface area contributed by atoms with Crippen LogP contribution in [0.4, 0.5) is 0 Å². The third kappa shape index (κ3) is 2.84. The molecule has 0 aromatic heterocycles. The van der Waals surface area contributed by atoms with E-state index in [9.17, 15) is 0 Å². The van der Waals surface area contributed by atoms with Crippen LogP contribution in [0.1, 0.15) is 19.8 Å². The first-order valence-corrected chi connectivity index (χ1v) is 4.49. The Bertz CT molecular complexity index is 169. The van der Waals surface area contributed by atoms with Gasteiger partial charge in [-0.15, -0.1) is 6.42 Å². The van der Waals surface area contributed by atoms with E-state index in [4.69, 9.17) is 11.2 Å². The van der Waals surface area contributed by atoms with Gasteiger partial charge in [0, 0.05) is 13.2 Å². The van der Waals surface area contributed by atoms with Crippen LogP contribution < -0.4 is 5.32 Å². The Kier molecular flexibility index (Phi) is 3.58. The first-order chi connectivity index (χ1) is 5.77. The highest BCUT2D eigenvalue weighted by Gasteiger charge is 2.31. The lowest BCUT2D eigenvalue weighted by Gasteiger charge is -2.19. The molecule has 0 aliphatic heterocycles. The third-order valence-electron chi connectivity index (χ3n) is 2.25. The van der Waals surface area contributed by atoms with Crippen LogP contribution in [0.2, 0.25) is 0 Å². The van der Waals surface area contributed by atoms with Crippen LogP contribution in [0.5, 0.6) is 0 Å². The molecule has 1 N–H and O–H groups in total. The summed E-state index contributed by atoms with van der Waals surface area (Å²) in [6, 6.07) is 0.617. The molecule has 0 aromatic carbocycles. The molecule has 0 spiro atoms. The predicted octanol–water partition coefficient (Wildman–Crippen LogP) is 1.02. The average molecular weight is 167 g/mol. The van der Waals surface area contributed by atoms with Gasteiger partial charge in [-0.25, -0.2) is 0 Å². The van der Waals surface area contributed by atoms with Gasteiger partial charge in [0.05, 0.1) is 12.6 Å². The van der Waals surface area contributed by atoms with Gasteiger partial charge < -0.3 is 4.74 Å². The third-order valence-corrected chi connectivity index (χ3v) is 2.25. The Morgan fingerprint density at radius 3 is 2.75 bits per heavy atom. The highest BCUT2D eigenvalue weighted by atomic mass is 16.5. The van der Waals surface area contributed by atoms with E-state index in [-0.39, 0.29) is 6.04 Å². The fraction of sp³-hybridized carbons (Fsp3) is 0.800. The van der Waals surface area contributed by atoms with Gasteiger partial charge in [0.25, 0.3) is 0 Å². The second-order valence-corrected chi connectivity index (χ2v) is 3.45. The van der Waals surface area contributed by atoms with Crippen LogP contribution in [-0.4, -0.2) is 25.8 Å². The molecule has 68 valence electrons. The minimum atomic E-state index is 0.158. The highest BCUT2D eigenvalue weighted by Crippen LogP contribution is 2.32. The molecule has 2 heteroatoms. The number of terminal acetylenes is 1. The van der Waals surface area contributed by atoms with Gasteiger partial charge in [-0.1, -0.05) is 5.92 Å². The number of rotatable bonds is 5. The second-order valence-electron chi connectivity index (χ2n) is 3.45. The Hall–Kier alpha value is -0.520. The topological polar surface area (TPSA) is 21.3 Å². The molecule has 2 unspecified atom stereocenters. The normalized spacial score (nSPS) is 21.4. The van der Waals surface area contributed by atoms with E-state index in [1.807, 2.05) is 6.92 Å². The number of hydrogen-bond acceptors (Lipinski definition) is 2. The SMILES string of the molecule is C#CC(C)NC(COC)C1CC1. The summed E-state index contributed by atoms with van der Waals surface area (Å²) in [5, 5.41) is 3.37. The summed E-state index contributed by atoms with van der Waals surface area (Å²) in [7, 11) is 1.73. The van der Waals surface area contributed by atoms with Crippen LogP contribution in [0.25, 0.3) is 0 Å². The van der Waals surface area contributed by atoms with Gasteiger partial charge >= 0.3 is 0 Å². The fourth-order valence-corrected chi connectivity index (χ4v) is 1.37. The van der Waals surface area contributed by atoms with E-state index in [1.165, 1.54) is 12.8 Å². The molecule has 0 aromatic rings. The molecule has 0 radical (unpaired) electrons. The molecular formula is C10H17NO. The van der Waals surface area contributed by atoms with Gasteiger partial charge in [0.15, 0.2) is 0 Å². The van der Waals surface area contributed by atoms with Crippen LogP contribution in [0.15, 0.2) is 0 Å². The van der Waals surface area contributed by atoms with Crippen molar-refractivity contribution in [1.82, 2.24) is 5.32 Å². The molecule has 1 fully saturated rings. The van der Waals surface area contributed by atoms with Crippen molar-refractivity contribution in [2.75, 3.05) is 13.7 Å². The predicted molar refractivity (Wildman–Crippen MR) is 49.8 cm³/mol. The molecule has 12 heavy (non-hydrogen) atoms. The van der Waals surface area contributed by atoms with Crippen molar-refractivity contribution in [2.45, 2.75) is 31.8 Å². The van der Waals surface area contributed by atoms with E-state index in [1.54, 1.807) is 7.11 Å². The maximum absolute atomic E-state index is 5.28. The number of nitrogens with one attached hydrogen (secondary N) is 1. The lowest BCUT2D eigenvalue weighted by molar-refractivity contribution is 0.155. The molecule has 1 rings (SSSR count). The molecule has 2 atom stereocenters. The Morgan fingerprint density at radius 1 is 1.67 bits per heavy atom. The Labute approximate surface area is 74.7 Å². The first kappa shape index (κ1) is 9.57. The van der Waals surface area contributed by atoms with Gasteiger partial charge in [0.1, 0.15) is 0 Å². The molecule has 0 amide bonds. The number of methoxy groups -OCH3 is 1. The number of ether oxygens (including phenoxy) is 1. The molecule has 1 saturated carbocycles. The molecule has 1 aliphatic carbocycles. The van der Waals surface area contributed by atoms with E-state index in [2.05, 4.69) is 11.2 Å². The van der Waals surface area contributed by atoms with Gasteiger partial charge in [0.2, 0.25) is 0 Å². The van der Waals surface area contributed by atoms with Gasteiger partial charge in [-0.2, -0.15) is 0 Å². The summed E-state index contributed by atoms with van der Waals surface area (Å²) in [4.78, 5) is 0. The molecule has 0 bridgehead atoms. The summed E-state index contributed by atoms with van der Waals surface area (Å²) in [5.74, 6) is 3.46. The lowest BCUT2D eigenvalue weighted by atomic mass is 10.2. The van der Waals surface area contributed by atoms with Crippen LogP contribution in [0, 0.1) is 18.3 Å².